The maximum absolute atomic E-state index is 9.15. The number of benzene rings is 1. The number of nitrogens with one attached hydrogen (secondary N) is 2. The molecular formula is C20H18N8. The maximum atomic E-state index is 9.15. The largest absolute Gasteiger partial charge is 0.381 e. The van der Waals surface area contributed by atoms with Crippen molar-refractivity contribution in [3.8, 4) is 17.5 Å². The van der Waals surface area contributed by atoms with Crippen LogP contribution in [0.1, 0.15) is 17.7 Å². The Balaban J connectivity index is 1.53. The van der Waals surface area contributed by atoms with E-state index in [9.17, 15) is 0 Å². The van der Waals surface area contributed by atoms with Gasteiger partial charge in [-0.15, -0.1) is 0 Å². The van der Waals surface area contributed by atoms with Crippen LogP contribution < -0.4 is 11.1 Å². The van der Waals surface area contributed by atoms with Crippen LogP contribution in [-0.2, 0) is 6.42 Å². The van der Waals surface area contributed by atoms with Crippen molar-refractivity contribution >= 4 is 22.5 Å². The SMILES string of the molecule is N#Cc1c(N)n[nH]c1CCCNc1nc(-c2ccncc2)nc2ccccc12. The normalized spacial score (nSPS) is 10.7. The van der Waals surface area contributed by atoms with Crippen molar-refractivity contribution in [3.05, 3.63) is 60.0 Å². The van der Waals surface area contributed by atoms with Crippen molar-refractivity contribution in [1.82, 2.24) is 25.1 Å². The van der Waals surface area contributed by atoms with E-state index >= 15 is 0 Å². The molecule has 0 radical (unpaired) electrons. The highest BCUT2D eigenvalue weighted by Crippen LogP contribution is 2.24. The molecule has 3 aromatic heterocycles. The topological polar surface area (TPSA) is 129 Å². The first-order chi connectivity index (χ1) is 13.8. The molecule has 3 heterocycles. The van der Waals surface area contributed by atoms with Gasteiger partial charge in [0, 0.05) is 29.9 Å². The number of aryl methyl sites for hydroxylation is 1. The molecule has 0 saturated carbocycles. The van der Waals surface area contributed by atoms with Crippen LogP contribution in [0.5, 0.6) is 0 Å². The number of nitrogens with zero attached hydrogens (tertiary/aromatic N) is 5. The standard InChI is InChI=1S/C20H18N8/c21-12-15-17(27-28-18(15)22)6-3-9-24-20-14-4-1-2-5-16(14)25-19(26-20)13-7-10-23-11-8-13/h1-2,4-5,7-8,10-11H,3,6,9H2,(H3,22,27,28)(H,24,25,26). The van der Waals surface area contributed by atoms with Gasteiger partial charge in [-0.1, -0.05) is 12.1 Å². The Morgan fingerprint density at radius 1 is 1.11 bits per heavy atom. The highest BCUT2D eigenvalue weighted by molar-refractivity contribution is 5.90. The number of pyridine rings is 1. The number of nitriles is 1. The molecule has 8 heteroatoms. The smallest absolute Gasteiger partial charge is 0.163 e. The zero-order chi connectivity index (χ0) is 19.3. The van der Waals surface area contributed by atoms with Crippen LogP contribution in [0.25, 0.3) is 22.3 Å². The van der Waals surface area contributed by atoms with Crippen molar-refractivity contribution < 1.29 is 0 Å². The Kier molecular flexibility index (Phi) is 4.80. The fourth-order valence-corrected chi connectivity index (χ4v) is 3.01. The predicted molar refractivity (Wildman–Crippen MR) is 107 cm³/mol. The molecule has 0 unspecified atom stereocenters. The third kappa shape index (κ3) is 3.46. The van der Waals surface area contributed by atoms with E-state index in [0.717, 1.165) is 34.4 Å². The Hall–Kier alpha value is -3.99. The fraction of sp³-hybridized carbons (Fsp3) is 0.150. The summed E-state index contributed by atoms with van der Waals surface area (Å²) in [5, 5.41) is 20.2. The molecule has 0 amide bonds. The minimum absolute atomic E-state index is 0.245. The average molecular weight is 370 g/mol. The van der Waals surface area contributed by atoms with Crippen molar-refractivity contribution in [2.45, 2.75) is 12.8 Å². The molecule has 0 aliphatic carbocycles. The summed E-state index contributed by atoms with van der Waals surface area (Å²) in [6.07, 6.45) is 4.91. The minimum Gasteiger partial charge on any atom is -0.381 e. The van der Waals surface area contributed by atoms with Gasteiger partial charge in [0.15, 0.2) is 11.6 Å². The second-order valence-electron chi connectivity index (χ2n) is 6.25. The number of nitrogen functional groups attached to an aromatic ring is 1. The molecule has 4 rings (SSSR count). The molecule has 0 aliphatic rings. The highest BCUT2D eigenvalue weighted by Gasteiger charge is 2.11. The number of hydrogen-bond acceptors (Lipinski definition) is 7. The number of H-pyrrole nitrogens is 1. The summed E-state index contributed by atoms with van der Waals surface area (Å²) >= 11 is 0. The summed E-state index contributed by atoms with van der Waals surface area (Å²) in [5.41, 5.74) is 8.65. The van der Waals surface area contributed by atoms with E-state index < -0.39 is 0 Å². The van der Waals surface area contributed by atoms with Crippen molar-refractivity contribution in [2.24, 2.45) is 0 Å². The van der Waals surface area contributed by atoms with Gasteiger partial charge in [0.1, 0.15) is 17.5 Å². The molecule has 0 saturated heterocycles. The summed E-state index contributed by atoms with van der Waals surface area (Å²) in [6, 6.07) is 13.8. The number of aromatic amines is 1. The van der Waals surface area contributed by atoms with Crippen LogP contribution in [0.2, 0.25) is 0 Å². The number of hydrogen-bond donors (Lipinski definition) is 3. The van der Waals surface area contributed by atoms with E-state index in [1.807, 2.05) is 36.4 Å². The van der Waals surface area contributed by atoms with Gasteiger partial charge in [0.05, 0.1) is 11.2 Å². The zero-order valence-corrected chi connectivity index (χ0v) is 15.1. The number of fused-ring (bicyclic) bond motifs is 1. The number of rotatable bonds is 6. The van der Waals surface area contributed by atoms with Crippen molar-refractivity contribution in [1.29, 1.82) is 5.26 Å². The molecule has 0 aliphatic heterocycles. The average Bonchev–Trinajstić information content (AvgIpc) is 3.11. The van der Waals surface area contributed by atoms with E-state index in [1.165, 1.54) is 0 Å². The third-order valence-corrected chi connectivity index (χ3v) is 4.42. The molecule has 0 atom stereocenters. The van der Waals surface area contributed by atoms with Crippen LogP contribution in [0.15, 0.2) is 48.8 Å². The quantitative estimate of drug-likeness (QED) is 0.445. The van der Waals surface area contributed by atoms with E-state index in [2.05, 4.69) is 31.6 Å². The summed E-state index contributed by atoms with van der Waals surface area (Å²) in [4.78, 5) is 13.4. The number of nitrogens with two attached hydrogens (primary N) is 1. The summed E-state index contributed by atoms with van der Waals surface area (Å²) in [5.74, 6) is 1.67. The maximum Gasteiger partial charge on any atom is 0.163 e. The Morgan fingerprint density at radius 3 is 2.75 bits per heavy atom. The van der Waals surface area contributed by atoms with Gasteiger partial charge >= 0.3 is 0 Å². The van der Waals surface area contributed by atoms with Gasteiger partial charge in [0.25, 0.3) is 0 Å². The van der Waals surface area contributed by atoms with E-state index in [1.54, 1.807) is 12.4 Å². The Morgan fingerprint density at radius 2 is 1.93 bits per heavy atom. The van der Waals surface area contributed by atoms with Crippen molar-refractivity contribution in [2.75, 3.05) is 17.6 Å². The second kappa shape index (κ2) is 7.72. The van der Waals surface area contributed by atoms with Crippen LogP contribution in [0, 0.1) is 11.3 Å². The summed E-state index contributed by atoms with van der Waals surface area (Å²) in [7, 11) is 0. The van der Waals surface area contributed by atoms with Gasteiger partial charge in [-0.05, 0) is 37.1 Å². The summed E-state index contributed by atoms with van der Waals surface area (Å²) < 4.78 is 0. The lowest BCUT2D eigenvalue weighted by Gasteiger charge is -2.11. The van der Waals surface area contributed by atoms with Crippen LogP contribution in [0.3, 0.4) is 0 Å². The fourth-order valence-electron chi connectivity index (χ4n) is 3.01. The first-order valence-electron chi connectivity index (χ1n) is 8.90. The first-order valence-corrected chi connectivity index (χ1v) is 8.90. The van der Waals surface area contributed by atoms with Crippen LogP contribution in [-0.4, -0.2) is 31.7 Å². The monoisotopic (exact) mass is 370 g/mol. The van der Waals surface area contributed by atoms with Gasteiger partial charge in [-0.3, -0.25) is 10.1 Å². The Labute approximate surface area is 161 Å². The van der Waals surface area contributed by atoms with Crippen LogP contribution >= 0.6 is 0 Å². The molecular weight excluding hydrogens is 352 g/mol. The molecule has 1 aromatic carbocycles. The molecule has 0 fully saturated rings. The lowest BCUT2D eigenvalue weighted by Crippen LogP contribution is -2.07. The van der Waals surface area contributed by atoms with E-state index in [0.29, 0.717) is 24.4 Å². The second-order valence-corrected chi connectivity index (χ2v) is 6.25. The highest BCUT2D eigenvalue weighted by atomic mass is 15.2. The molecule has 0 bridgehead atoms. The molecule has 0 spiro atoms. The van der Waals surface area contributed by atoms with Gasteiger partial charge < -0.3 is 11.1 Å². The van der Waals surface area contributed by atoms with Gasteiger partial charge in [0.2, 0.25) is 0 Å². The number of anilines is 2. The molecule has 28 heavy (non-hydrogen) atoms. The number of aromatic nitrogens is 5. The lowest BCUT2D eigenvalue weighted by atomic mass is 10.1. The minimum atomic E-state index is 0.245. The van der Waals surface area contributed by atoms with E-state index in [-0.39, 0.29) is 5.82 Å². The van der Waals surface area contributed by atoms with Crippen molar-refractivity contribution in [3.63, 3.8) is 0 Å². The van der Waals surface area contributed by atoms with E-state index in [4.69, 9.17) is 16.0 Å². The number of para-hydroxylation sites is 1. The molecule has 8 nitrogen and oxygen atoms in total. The third-order valence-electron chi connectivity index (χ3n) is 4.42. The van der Waals surface area contributed by atoms with Crippen LogP contribution in [0.4, 0.5) is 11.6 Å². The molecule has 4 N–H and O–H groups in total. The summed E-state index contributed by atoms with van der Waals surface area (Å²) in [6.45, 7) is 0.681. The Bertz CT molecular complexity index is 1140. The zero-order valence-electron chi connectivity index (χ0n) is 15.1. The predicted octanol–water partition coefficient (Wildman–Crippen LogP) is 2.91. The molecule has 138 valence electrons. The molecule has 4 aromatic rings. The van der Waals surface area contributed by atoms with Gasteiger partial charge in [-0.2, -0.15) is 10.4 Å². The van der Waals surface area contributed by atoms with Gasteiger partial charge in [-0.25, -0.2) is 9.97 Å². The lowest BCUT2D eigenvalue weighted by molar-refractivity contribution is 0.823. The first kappa shape index (κ1) is 17.4.